The number of amides is 2. The molecule has 1 saturated heterocycles. The van der Waals surface area contributed by atoms with Crippen molar-refractivity contribution >= 4 is 65.8 Å². The molecule has 0 bridgehead atoms. The molecule has 1 heterocycles. The van der Waals surface area contributed by atoms with Crippen molar-refractivity contribution in [2.24, 2.45) is 0 Å². The molecule has 0 aliphatic carbocycles. The van der Waals surface area contributed by atoms with Gasteiger partial charge >= 0.3 is 10.1 Å². The van der Waals surface area contributed by atoms with E-state index < -0.39 is 21.3 Å². The summed E-state index contributed by atoms with van der Waals surface area (Å²) < 4.78 is 37.7. The van der Waals surface area contributed by atoms with E-state index in [2.05, 4.69) is 15.9 Å². The zero-order chi connectivity index (χ0) is 27.6. The Morgan fingerprint density at radius 2 is 1.67 bits per heavy atom. The van der Waals surface area contributed by atoms with Crippen molar-refractivity contribution in [3.05, 3.63) is 105 Å². The van der Waals surface area contributed by atoms with Gasteiger partial charge < -0.3 is 8.92 Å². The molecule has 10 heteroatoms. The van der Waals surface area contributed by atoms with E-state index in [1.165, 1.54) is 24.3 Å². The number of aryl methyl sites for hydroxylation is 1. The van der Waals surface area contributed by atoms with Crippen LogP contribution in [0.1, 0.15) is 11.1 Å². The first-order valence-corrected chi connectivity index (χ1v) is 14.9. The summed E-state index contributed by atoms with van der Waals surface area (Å²) in [6.45, 7) is 2.04. The summed E-state index contributed by atoms with van der Waals surface area (Å²) in [5, 5.41) is 1.54. The third kappa shape index (κ3) is 6.03. The molecule has 0 N–H and O–H groups in total. The largest absolute Gasteiger partial charge is 0.491 e. The molecule has 0 aromatic heterocycles. The fourth-order valence-corrected chi connectivity index (χ4v) is 6.17. The van der Waals surface area contributed by atoms with Gasteiger partial charge in [0.05, 0.1) is 11.4 Å². The van der Waals surface area contributed by atoms with E-state index in [0.717, 1.165) is 33.0 Å². The third-order valence-electron chi connectivity index (χ3n) is 5.96. The Labute approximate surface area is 238 Å². The van der Waals surface area contributed by atoms with Crippen LogP contribution in [0.2, 0.25) is 0 Å². The number of fused-ring (bicyclic) bond motifs is 1. The summed E-state index contributed by atoms with van der Waals surface area (Å²) in [4.78, 5) is 27.0. The molecule has 0 spiro atoms. The standard InChI is InChI=1S/C29H22BrNO6S2/c1-19-9-12-23(13-10-19)39(34,35)37-25-14-11-22(30)17-21(25)18-27-28(32)31(29(33)38-27)15-16-36-26-8-4-6-20-5-2-3-7-24(20)26/h2-14,17-18H,15-16H2,1H3/b27-18-. The van der Waals surface area contributed by atoms with Crippen molar-refractivity contribution < 1.29 is 26.9 Å². The minimum absolute atomic E-state index is 0.00786. The molecule has 1 aliphatic rings. The molecule has 0 unspecified atom stereocenters. The van der Waals surface area contributed by atoms with Crippen LogP contribution in [0.5, 0.6) is 11.5 Å². The molecule has 0 radical (unpaired) electrons. The Morgan fingerprint density at radius 3 is 2.46 bits per heavy atom. The zero-order valence-corrected chi connectivity index (χ0v) is 23.9. The van der Waals surface area contributed by atoms with Gasteiger partial charge in [-0.1, -0.05) is 70.0 Å². The molecule has 198 valence electrons. The number of imide groups is 1. The summed E-state index contributed by atoms with van der Waals surface area (Å²) in [7, 11) is -4.12. The first-order chi connectivity index (χ1) is 18.7. The van der Waals surface area contributed by atoms with Crippen molar-refractivity contribution in [2.45, 2.75) is 11.8 Å². The minimum atomic E-state index is -4.12. The van der Waals surface area contributed by atoms with Gasteiger partial charge in [0.1, 0.15) is 23.0 Å². The topological polar surface area (TPSA) is 90.0 Å². The second-order valence-corrected chi connectivity index (χ2v) is 12.1. The number of carbonyl (C=O) groups excluding carboxylic acids is 2. The number of thioether (sulfide) groups is 1. The number of nitrogens with zero attached hydrogens (tertiary/aromatic N) is 1. The minimum Gasteiger partial charge on any atom is -0.491 e. The molecule has 2 amide bonds. The van der Waals surface area contributed by atoms with Crippen LogP contribution in [0.15, 0.2) is 99.2 Å². The maximum atomic E-state index is 13.1. The Bertz CT molecular complexity index is 1710. The summed E-state index contributed by atoms with van der Waals surface area (Å²) >= 11 is 4.15. The van der Waals surface area contributed by atoms with Gasteiger partial charge in [-0.25, -0.2) is 0 Å². The summed E-state index contributed by atoms with van der Waals surface area (Å²) in [5.74, 6) is 0.213. The normalized spacial score (nSPS) is 14.8. The van der Waals surface area contributed by atoms with E-state index in [-0.39, 0.29) is 28.7 Å². The Morgan fingerprint density at radius 1 is 0.923 bits per heavy atom. The molecular formula is C29H22BrNO6S2. The average Bonchev–Trinajstić information content (AvgIpc) is 3.18. The molecular weight excluding hydrogens is 602 g/mol. The molecule has 0 atom stereocenters. The van der Waals surface area contributed by atoms with Gasteiger partial charge in [-0.3, -0.25) is 14.5 Å². The predicted molar refractivity (Wildman–Crippen MR) is 155 cm³/mol. The fourth-order valence-electron chi connectivity index (χ4n) is 3.98. The second-order valence-electron chi connectivity index (χ2n) is 8.69. The summed E-state index contributed by atoms with van der Waals surface area (Å²) in [5.41, 5.74) is 1.24. The van der Waals surface area contributed by atoms with Gasteiger partial charge in [0.25, 0.3) is 11.1 Å². The van der Waals surface area contributed by atoms with E-state index in [0.29, 0.717) is 15.8 Å². The highest BCUT2D eigenvalue weighted by molar-refractivity contribution is 9.10. The average molecular weight is 625 g/mol. The van der Waals surface area contributed by atoms with Crippen LogP contribution in [-0.2, 0) is 14.9 Å². The van der Waals surface area contributed by atoms with Crippen molar-refractivity contribution in [1.82, 2.24) is 4.90 Å². The van der Waals surface area contributed by atoms with E-state index in [9.17, 15) is 18.0 Å². The zero-order valence-electron chi connectivity index (χ0n) is 20.7. The van der Waals surface area contributed by atoms with Crippen LogP contribution >= 0.6 is 27.7 Å². The summed E-state index contributed by atoms with van der Waals surface area (Å²) in [6, 6.07) is 24.5. The lowest BCUT2D eigenvalue weighted by molar-refractivity contribution is -0.123. The van der Waals surface area contributed by atoms with E-state index in [1.807, 2.05) is 49.4 Å². The lowest BCUT2D eigenvalue weighted by atomic mass is 10.1. The van der Waals surface area contributed by atoms with Crippen LogP contribution in [0.25, 0.3) is 16.8 Å². The van der Waals surface area contributed by atoms with Gasteiger partial charge in [-0.2, -0.15) is 8.42 Å². The lowest BCUT2D eigenvalue weighted by Gasteiger charge is -2.14. The first kappa shape index (κ1) is 27.0. The lowest BCUT2D eigenvalue weighted by Crippen LogP contribution is -2.32. The van der Waals surface area contributed by atoms with E-state index >= 15 is 0 Å². The van der Waals surface area contributed by atoms with Gasteiger partial charge in [0.2, 0.25) is 0 Å². The van der Waals surface area contributed by atoms with Gasteiger partial charge in [0, 0.05) is 15.4 Å². The van der Waals surface area contributed by atoms with Gasteiger partial charge in [-0.15, -0.1) is 0 Å². The van der Waals surface area contributed by atoms with Crippen LogP contribution in [0.3, 0.4) is 0 Å². The number of carbonyl (C=O) groups is 2. The fraction of sp³-hybridized carbons (Fsp3) is 0.103. The highest BCUT2D eigenvalue weighted by Gasteiger charge is 2.35. The smallest absolute Gasteiger partial charge is 0.339 e. The van der Waals surface area contributed by atoms with Crippen molar-refractivity contribution in [3.8, 4) is 11.5 Å². The molecule has 1 fully saturated rings. The molecule has 39 heavy (non-hydrogen) atoms. The molecule has 1 aliphatic heterocycles. The van der Waals surface area contributed by atoms with E-state index in [4.69, 9.17) is 8.92 Å². The number of benzene rings is 4. The van der Waals surface area contributed by atoms with Crippen molar-refractivity contribution in [2.75, 3.05) is 13.2 Å². The number of halogens is 1. The highest BCUT2D eigenvalue weighted by atomic mass is 79.9. The van der Waals surface area contributed by atoms with Crippen LogP contribution in [0, 0.1) is 6.92 Å². The number of rotatable bonds is 8. The SMILES string of the molecule is Cc1ccc(S(=O)(=O)Oc2ccc(Br)cc2/C=C2\SC(=O)N(CCOc3cccc4ccccc34)C2=O)cc1. The van der Waals surface area contributed by atoms with Crippen molar-refractivity contribution in [1.29, 1.82) is 0 Å². The molecule has 0 saturated carbocycles. The maximum Gasteiger partial charge on any atom is 0.339 e. The molecule has 5 rings (SSSR count). The molecule has 7 nitrogen and oxygen atoms in total. The van der Waals surface area contributed by atoms with Gasteiger partial charge in [-0.05, 0) is 66.5 Å². The molecule has 4 aromatic carbocycles. The van der Waals surface area contributed by atoms with Crippen molar-refractivity contribution in [3.63, 3.8) is 0 Å². The monoisotopic (exact) mass is 623 g/mol. The van der Waals surface area contributed by atoms with E-state index in [1.54, 1.807) is 24.3 Å². The Balaban J connectivity index is 1.32. The Kier molecular flexibility index (Phi) is 7.79. The van der Waals surface area contributed by atoms with Gasteiger partial charge in [0.15, 0.2) is 0 Å². The number of ether oxygens (including phenoxy) is 1. The Hall–Kier alpha value is -3.60. The highest BCUT2D eigenvalue weighted by Crippen LogP contribution is 2.36. The predicted octanol–water partition coefficient (Wildman–Crippen LogP) is 6.79. The first-order valence-electron chi connectivity index (χ1n) is 11.9. The molecule has 4 aromatic rings. The van der Waals surface area contributed by atoms with Crippen LogP contribution in [0.4, 0.5) is 4.79 Å². The number of hydrogen-bond donors (Lipinski definition) is 0. The van der Waals surface area contributed by atoms with Crippen LogP contribution in [-0.4, -0.2) is 37.6 Å². The quantitative estimate of drug-likeness (QED) is 0.158. The summed E-state index contributed by atoms with van der Waals surface area (Å²) in [6.07, 6.45) is 1.46. The van der Waals surface area contributed by atoms with Crippen LogP contribution < -0.4 is 8.92 Å². The third-order valence-corrected chi connectivity index (χ3v) is 8.61. The maximum absolute atomic E-state index is 13.1. The number of hydrogen-bond acceptors (Lipinski definition) is 7. The second kappa shape index (κ2) is 11.3.